The van der Waals surface area contributed by atoms with Gasteiger partial charge in [0.2, 0.25) is 0 Å². The fourth-order valence-corrected chi connectivity index (χ4v) is 2.92. The summed E-state index contributed by atoms with van der Waals surface area (Å²) in [4.78, 5) is 23.4. The minimum atomic E-state index is -0.654. The number of carbonyl (C=O) groups excluding carboxylic acids is 2. The van der Waals surface area contributed by atoms with Crippen molar-refractivity contribution < 1.29 is 19.1 Å². The van der Waals surface area contributed by atoms with E-state index in [-0.39, 0.29) is 33.0 Å². The Morgan fingerprint density at radius 2 is 1.92 bits per heavy atom. The molecule has 0 saturated carbocycles. The molecule has 0 spiro atoms. The van der Waals surface area contributed by atoms with Crippen LogP contribution in [-0.2, 0) is 0 Å². The molecule has 0 radical (unpaired) electrons. The van der Waals surface area contributed by atoms with E-state index in [2.05, 4.69) is 15.9 Å². The summed E-state index contributed by atoms with van der Waals surface area (Å²) in [7, 11) is 0. The number of hydrogen-bond acceptors (Lipinski definition) is 4. The smallest absolute Gasteiger partial charge is 0.343 e. The van der Waals surface area contributed by atoms with Crippen LogP contribution in [0.25, 0.3) is 0 Å². The number of carbonyl (C=O) groups is 2. The number of rotatable bonds is 5. The maximum absolute atomic E-state index is 12.3. The third-order valence-corrected chi connectivity index (χ3v) is 4.01. The largest absolute Gasteiger partial charge is 0.490 e. The maximum Gasteiger partial charge on any atom is 0.343 e. The van der Waals surface area contributed by atoms with E-state index < -0.39 is 5.97 Å². The molecule has 0 aliphatic heterocycles. The van der Waals surface area contributed by atoms with Crippen LogP contribution >= 0.6 is 39.1 Å². The summed E-state index contributed by atoms with van der Waals surface area (Å²) >= 11 is 15.2. The van der Waals surface area contributed by atoms with E-state index in [0.29, 0.717) is 16.5 Å². The highest BCUT2D eigenvalue weighted by Gasteiger charge is 2.17. The number of esters is 1. The second-order valence-corrected chi connectivity index (χ2v) is 6.82. The van der Waals surface area contributed by atoms with Crippen LogP contribution in [0.15, 0.2) is 34.8 Å². The minimum Gasteiger partial charge on any atom is -0.490 e. The van der Waals surface area contributed by atoms with Gasteiger partial charge in [0.05, 0.1) is 26.7 Å². The quantitative estimate of drug-likeness (QED) is 0.352. The molecule has 0 N–H and O–H groups in total. The average molecular weight is 432 g/mol. The van der Waals surface area contributed by atoms with E-state index in [4.69, 9.17) is 32.7 Å². The Morgan fingerprint density at radius 3 is 2.50 bits per heavy atom. The van der Waals surface area contributed by atoms with Crippen LogP contribution in [0.1, 0.15) is 34.6 Å². The second kappa shape index (κ2) is 8.01. The molecule has 0 aliphatic rings. The predicted octanol–water partition coefficient (Wildman–Crippen LogP) is 5.57. The Hall–Kier alpha value is -1.56. The predicted molar refractivity (Wildman–Crippen MR) is 96.7 cm³/mol. The lowest BCUT2D eigenvalue weighted by Crippen LogP contribution is -2.11. The first-order valence-electron chi connectivity index (χ1n) is 6.94. The standard InChI is InChI=1S/C17H13BrCl2O4/c1-9(2)23-15-4-3-10(6-13(15)18)17(22)24-16-11(8-21)5-12(19)7-14(16)20/h3-9H,1-2H3. The van der Waals surface area contributed by atoms with Gasteiger partial charge in [-0.3, -0.25) is 4.79 Å². The molecule has 0 aliphatic carbocycles. The molecule has 2 rings (SSSR count). The van der Waals surface area contributed by atoms with Gasteiger partial charge in [-0.15, -0.1) is 0 Å². The molecule has 4 nitrogen and oxygen atoms in total. The zero-order valence-electron chi connectivity index (χ0n) is 12.8. The highest BCUT2D eigenvalue weighted by molar-refractivity contribution is 9.10. The van der Waals surface area contributed by atoms with Gasteiger partial charge < -0.3 is 9.47 Å². The number of aldehydes is 1. The second-order valence-electron chi connectivity index (χ2n) is 5.13. The lowest BCUT2D eigenvalue weighted by atomic mass is 10.2. The molecule has 0 unspecified atom stereocenters. The Kier molecular flexibility index (Phi) is 6.27. The monoisotopic (exact) mass is 430 g/mol. The fraction of sp³-hybridized carbons (Fsp3) is 0.176. The van der Waals surface area contributed by atoms with Gasteiger partial charge in [-0.05, 0) is 60.1 Å². The molecule has 0 fully saturated rings. The summed E-state index contributed by atoms with van der Waals surface area (Å²) in [5.74, 6) is -0.0709. The van der Waals surface area contributed by atoms with Crippen molar-refractivity contribution in [1.82, 2.24) is 0 Å². The number of hydrogen-bond donors (Lipinski definition) is 0. The van der Waals surface area contributed by atoms with Crippen molar-refractivity contribution in [3.05, 3.63) is 56.0 Å². The topological polar surface area (TPSA) is 52.6 Å². The normalized spacial score (nSPS) is 10.6. The first kappa shape index (κ1) is 18.8. The van der Waals surface area contributed by atoms with Crippen LogP contribution in [0, 0.1) is 0 Å². The Balaban J connectivity index is 2.28. The summed E-state index contributed by atoms with van der Waals surface area (Å²) in [5.41, 5.74) is 0.375. The number of ether oxygens (including phenoxy) is 2. The molecular formula is C17H13BrCl2O4. The van der Waals surface area contributed by atoms with Crippen molar-refractivity contribution in [2.45, 2.75) is 20.0 Å². The van der Waals surface area contributed by atoms with Crippen LogP contribution in [0.4, 0.5) is 0 Å². The van der Waals surface area contributed by atoms with Crippen LogP contribution < -0.4 is 9.47 Å². The summed E-state index contributed by atoms with van der Waals surface area (Å²) in [6.45, 7) is 3.80. The fourth-order valence-electron chi connectivity index (χ4n) is 1.90. The molecule has 0 saturated heterocycles. The number of halogens is 3. The van der Waals surface area contributed by atoms with E-state index in [0.717, 1.165) is 0 Å². The van der Waals surface area contributed by atoms with E-state index in [1.54, 1.807) is 18.2 Å². The molecule has 7 heteroatoms. The van der Waals surface area contributed by atoms with Crippen molar-refractivity contribution in [1.29, 1.82) is 0 Å². The summed E-state index contributed by atoms with van der Waals surface area (Å²) < 4.78 is 11.5. The van der Waals surface area contributed by atoms with Gasteiger partial charge in [0.1, 0.15) is 5.75 Å². The third kappa shape index (κ3) is 4.50. The van der Waals surface area contributed by atoms with E-state index in [1.807, 2.05) is 13.8 Å². The lowest BCUT2D eigenvalue weighted by Gasteiger charge is -2.13. The lowest BCUT2D eigenvalue weighted by molar-refractivity contribution is 0.0733. The van der Waals surface area contributed by atoms with Crippen LogP contribution in [0.3, 0.4) is 0 Å². The van der Waals surface area contributed by atoms with Crippen LogP contribution in [0.5, 0.6) is 11.5 Å². The van der Waals surface area contributed by atoms with Gasteiger partial charge >= 0.3 is 5.97 Å². The van der Waals surface area contributed by atoms with Crippen molar-refractivity contribution >= 4 is 51.4 Å². The van der Waals surface area contributed by atoms with Crippen LogP contribution in [-0.4, -0.2) is 18.4 Å². The first-order chi connectivity index (χ1) is 11.3. The molecular weight excluding hydrogens is 419 g/mol. The summed E-state index contributed by atoms with van der Waals surface area (Å²) in [6, 6.07) is 7.57. The maximum atomic E-state index is 12.3. The highest BCUT2D eigenvalue weighted by Crippen LogP contribution is 2.33. The van der Waals surface area contributed by atoms with Gasteiger partial charge in [-0.2, -0.15) is 0 Å². The Bertz CT molecular complexity index is 790. The average Bonchev–Trinajstić information content (AvgIpc) is 2.51. The van der Waals surface area contributed by atoms with Gasteiger partial charge in [-0.25, -0.2) is 4.79 Å². The molecule has 0 amide bonds. The van der Waals surface area contributed by atoms with Gasteiger partial charge in [0.15, 0.2) is 12.0 Å². The van der Waals surface area contributed by atoms with Gasteiger partial charge in [0, 0.05) is 5.02 Å². The van der Waals surface area contributed by atoms with Crippen LogP contribution in [0.2, 0.25) is 10.0 Å². The van der Waals surface area contributed by atoms with Crippen molar-refractivity contribution in [3.63, 3.8) is 0 Å². The molecule has 2 aromatic carbocycles. The molecule has 0 aromatic heterocycles. The SMILES string of the molecule is CC(C)Oc1ccc(C(=O)Oc2c(Cl)cc(Cl)cc2C=O)cc1Br. The zero-order valence-corrected chi connectivity index (χ0v) is 15.9. The van der Waals surface area contributed by atoms with E-state index in [9.17, 15) is 9.59 Å². The van der Waals surface area contributed by atoms with E-state index >= 15 is 0 Å². The molecule has 2 aromatic rings. The number of benzene rings is 2. The molecule has 0 atom stereocenters. The van der Waals surface area contributed by atoms with Crippen molar-refractivity contribution in [3.8, 4) is 11.5 Å². The molecule has 24 heavy (non-hydrogen) atoms. The minimum absolute atomic E-state index is 0.00197. The summed E-state index contributed by atoms with van der Waals surface area (Å²) in [5, 5.41) is 0.358. The molecule has 126 valence electrons. The first-order valence-corrected chi connectivity index (χ1v) is 8.49. The third-order valence-electron chi connectivity index (χ3n) is 2.89. The molecule has 0 heterocycles. The van der Waals surface area contributed by atoms with E-state index in [1.165, 1.54) is 12.1 Å². The van der Waals surface area contributed by atoms with Crippen molar-refractivity contribution in [2.24, 2.45) is 0 Å². The van der Waals surface area contributed by atoms with Gasteiger partial charge in [0.25, 0.3) is 0 Å². The highest BCUT2D eigenvalue weighted by atomic mass is 79.9. The molecule has 0 bridgehead atoms. The summed E-state index contributed by atoms with van der Waals surface area (Å²) in [6.07, 6.45) is 0.526. The Labute approximate surface area is 157 Å². The van der Waals surface area contributed by atoms with Crippen molar-refractivity contribution in [2.75, 3.05) is 0 Å². The Morgan fingerprint density at radius 1 is 1.21 bits per heavy atom. The zero-order chi connectivity index (χ0) is 17.9. The van der Waals surface area contributed by atoms with Gasteiger partial charge in [-0.1, -0.05) is 23.2 Å².